The predicted molar refractivity (Wildman–Crippen MR) is 53.2 cm³/mol. The summed E-state index contributed by atoms with van der Waals surface area (Å²) in [6.45, 7) is 3.17. The van der Waals surface area contributed by atoms with Crippen molar-refractivity contribution in [1.29, 1.82) is 0 Å². The van der Waals surface area contributed by atoms with Gasteiger partial charge in [-0.05, 0) is 13.3 Å². The van der Waals surface area contributed by atoms with Crippen LogP contribution in [0.25, 0.3) is 0 Å². The van der Waals surface area contributed by atoms with E-state index < -0.39 is 18.0 Å². The second-order valence-corrected chi connectivity index (χ2v) is 2.51. The van der Waals surface area contributed by atoms with Crippen LogP contribution in [-0.4, -0.2) is 33.4 Å². The number of carbonyl (C=O) groups is 2. The van der Waals surface area contributed by atoms with Gasteiger partial charge in [-0.1, -0.05) is 20.8 Å². The lowest BCUT2D eigenvalue weighted by molar-refractivity contribution is -0.145. The summed E-state index contributed by atoms with van der Waals surface area (Å²) in [6.07, 6.45) is 0.850. The normalized spacial score (nSPS) is 10.2. The van der Waals surface area contributed by atoms with E-state index in [4.69, 9.17) is 15.3 Å². The molecule has 0 heterocycles. The third kappa shape index (κ3) is 22.4. The molecule has 1 unspecified atom stereocenters. The second-order valence-electron chi connectivity index (χ2n) is 2.51. The van der Waals surface area contributed by atoms with Gasteiger partial charge >= 0.3 is 11.9 Å². The lowest BCUT2D eigenvalue weighted by Crippen LogP contribution is -2.13. The maximum absolute atomic E-state index is 9.76. The summed E-state index contributed by atoms with van der Waals surface area (Å²) in [7, 11) is 0. The zero-order valence-electron chi connectivity index (χ0n) is 7.86. The number of aliphatic hydroxyl groups is 1. The minimum absolute atomic E-state index is 0. The molecule has 0 radical (unpaired) electrons. The highest BCUT2D eigenvalue weighted by atomic mass is 16.4. The number of rotatable bonds is 4. The van der Waals surface area contributed by atoms with Crippen LogP contribution in [0.1, 0.15) is 40.5 Å². The van der Waals surface area contributed by atoms with Crippen LogP contribution in [0.4, 0.5) is 0 Å². The van der Waals surface area contributed by atoms with Gasteiger partial charge in [-0.15, -0.1) is 0 Å². The second kappa shape index (κ2) is 11.9. The minimum Gasteiger partial charge on any atom is -0.481 e. The van der Waals surface area contributed by atoms with Crippen LogP contribution in [0.15, 0.2) is 0 Å². The molecular formula is C9H20O5. The zero-order valence-corrected chi connectivity index (χ0v) is 7.86. The first-order valence-corrected chi connectivity index (χ1v) is 4.04. The third-order valence-electron chi connectivity index (χ3n) is 1.10. The number of carboxylic acid groups (broad SMARTS) is 2. The lowest BCUT2D eigenvalue weighted by atomic mass is 10.3. The van der Waals surface area contributed by atoms with Gasteiger partial charge < -0.3 is 15.3 Å². The molecule has 0 aliphatic carbocycles. The molecule has 0 rings (SSSR count). The minimum atomic E-state index is -1.23. The molecule has 0 amide bonds. The molecule has 0 fully saturated rings. The van der Waals surface area contributed by atoms with Crippen molar-refractivity contribution in [2.45, 2.75) is 46.6 Å². The molecule has 1 atom stereocenters. The highest BCUT2D eigenvalue weighted by Gasteiger charge is 2.01. The summed E-state index contributed by atoms with van der Waals surface area (Å²) < 4.78 is 0. The monoisotopic (exact) mass is 208 g/mol. The summed E-state index contributed by atoms with van der Waals surface area (Å²) in [5, 5.41) is 23.8. The molecule has 0 bridgehead atoms. The number of hydrogen-bond donors (Lipinski definition) is 3. The Bertz CT molecular complexity index is 153. The standard InChI is InChI=1S/C5H10O2.C3H6O3.CH4/c1-2-3-4-5(6)7;1-2(4)3(5)6;/h2-4H2,1H3,(H,6,7);2,4H,1H3,(H,5,6);1H4. The Morgan fingerprint density at radius 3 is 1.71 bits per heavy atom. The van der Waals surface area contributed by atoms with Crippen LogP contribution in [-0.2, 0) is 9.59 Å². The largest absolute Gasteiger partial charge is 0.481 e. The lowest BCUT2D eigenvalue weighted by Gasteiger charge is -1.89. The van der Waals surface area contributed by atoms with Crippen LogP contribution in [0.3, 0.4) is 0 Å². The molecule has 0 aromatic heterocycles. The van der Waals surface area contributed by atoms with Gasteiger partial charge in [0.05, 0.1) is 0 Å². The van der Waals surface area contributed by atoms with E-state index >= 15 is 0 Å². The summed E-state index contributed by atoms with van der Waals surface area (Å²) in [6, 6.07) is 0. The number of unbranched alkanes of at least 4 members (excludes halogenated alkanes) is 1. The van der Waals surface area contributed by atoms with Crippen LogP contribution < -0.4 is 0 Å². The van der Waals surface area contributed by atoms with E-state index in [0.29, 0.717) is 6.42 Å². The van der Waals surface area contributed by atoms with Gasteiger partial charge in [-0.2, -0.15) is 0 Å². The van der Waals surface area contributed by atoms with Gasteiger partial charge in [0, 0.05) is 6.42 Å². The molecule has 14 heavy (non-hydrogen) atoms. The van der Waals surface area contributed by atoms with Gasteiger partial charge in [-0.3, -0.25) is 4.79 Å². The van der Waals surface area contributed by atoms with E-state index in [0.717, 1.165) is 12.8 Å². The van der Waals surface area contributed by atoms with E-state index in [1.165, 1.54) is 6.92 Å². The molecule has 0 saturated carbocycles. The van der Waals surface area contributed by atoms with Gasteiger partial charge in [0.25, 0.3) is 0 Å². The molecule has 0 aromatic rings. The zero-order chi connectivity index (χ0) is 10.9. The number of carboxylic acids is 2. The molecule has 3 N–H and O–H groups in total. The molecule has 86 valence electrons. The quantitative estimate of drug-likeness (QED) is 0.648. The third-order valence-corrected chi connectivity index (χ3v) is 1.10. The number of aliphatic carboxylic acids is 2. The first kappa shape index (κ1) is 18.6. The van der Waals surface area contributed by atoms with Crippen molar-refractivity contribution in [2.24, 2.45) is 0 Å². The Morgan fingerprint density at radius 2 is 1.64 bits per heavy atom. The van der Waals surface area contributed by atoms with Crippen molar-refractivity contribution in [3.05, 3.63) is 0 Å². The average molecular weight is 208 g/mol. The molecule has 0 saturated heterocycles. The van der Waals surface area contributed by atoms with Crippen LogP contribution >= 0.6 is 0 Å². The van der Waals surface area contributed by atoms with E-state index in [-0.39, 0.29) is 7.43 Å². The van der Waals surface area contributed by atoms with Crippen molar-refractivity contribution in [1.82, 2.24) is 0 Å². The van der Waals surface area contributed by atoms with Gasteiger partial charge in [0.2, 0.25) is 0 Å². The van der Waals surface area contributed by atoms with Crippen molar-refractivity contribution >= 4 is 11.9 Å². The molecule has 5 nitrogen and oxygen atoms in total. The van der Waals surface area contributed by atoms with E-state index in [1.54, 1.807) is 0 Å². The molecule has 0 aliphatic rings. The van der Waals surface area contributed by atoms with Crippen LogP contribution in [0, 0.1) is 0 Å². The molecule has 0 aliphatic heterocycles. The van der Waals surface area contributed by atoms with Crippen molar-refractivity contribution < 1.29 is 24.9 Å². The fourth-order valence-electron chi connectivity index (χ4n) is 0.328. The predicted octanol–water partition coefficient (Wildman–Crippen LogP) is 1.35. The SMILES string of the molecule is C.CC(O)C(=O)O.CCCCC(=O)O. The van der Waals surface area contributed by atoms with Crippen molar-refractivity contribution in [3.63, 3.8) is 0 Å². The van der Waals surface area contributed by atoms with E-state index in [9.17, 15) is 9.59 Å². The summed E-state index contributed by atoms with van der Waals surface area (Å²) in [5.74, 6) is -1.88. The van der Waals surface area contributed by atoms with E-state index in [2.05, 4.69) is 0 Å². The van der Waals surface area contributed by atoms with Crippen LogP contribution in [0.2, 0.25) is 0 Å². The Labute approximate surface area is 84.4 Å². The van der Waals surface area contributed by atoms with Gasteiger partial charge in [0.1, 0.15) is 6.10 Å². The number of hydrogen-bond acceptors (Lipinski definition) is 3. The summed E-state index contributed by atoms with van der Waals surface area (Å²) in [5.41, 5.74) is 0. The molecule has 0 spiro atoms. The van der Waals surface area contributed by atoms with Crippen molar-refractivity contribution in [3.8, 4) is 0 Å². The number of aliphatic hydroxyl groups excluding tert-OH is 1. The van der Waals surface area contributed by atoms with Crippen molar-refractivity contribution in [2.75, 3.05) is 0 Å². The van der Waals surface area contributed by atoms with Crippen LogP contribution in [0.5, 0.6) is 0 Å². The molecule has 5 heteroatoms. The van der Waals surface area contributed by atoms with Gasteiger partial charge in [0.15, 0.2) is 0 Å². The van der Waals surface area contributed by atoms with E-state index in [1.807, 2.05) is 6.92 Å². The Hall–Kier alpha value is -1.10. The Morgan fingerprint density at radius 1 is 1.29 bits per heavy atom. The van der Waals surface area contributed by atoms with Gasteiger partial charge in [-0.25, -0.2) is 4.79 Å². The fraction of sp³-hybridized carbons (Fsp3) is 0.778. The summed E-state index contributed by atoms with van der Waals surface area (Å²) >= 11 is 0. The smallest absolute Gasteiger partial charge is 0.332 e. The summed E-state index contributed by atoms with van der Waals surface area (Å²) in [4.78, 5) is 19.2. The molecular weight excluding hydrogens is 188 g/mol. The maximum atomic E-state index is 9.76. The topological polar surface area (TPSA) is 94.8 Å². The highest BCUT2D eigenvalue weighted by Crippen LogP contribution is 1.91. The maximum Gasteiger partial charge on any atom is 0.332 e. The average Bonchev–Trinajstić information content (AvgIpc) is 2.01. The first-order chi connectivity index (χ1) is 5.91. The highest BCUT2D eigenvalue weighted by molar-refractivity contribution is 5.71. The Kier molecular flexibility index (Phi) is 15.8. The fourth-order valence-corrected chi connectivity index (χ4v) is 0.328. The first-order valence-electron chi connectivity index (χ1n) is 4.04. The molecule has 0 aromatic carbocycles. The Balaban J connectivity index is -0.000000163.